The van der Waals surface area contributed by atoms with Gasteiger partial charge in [0.25, 0.3) is 5.92 Å². The Morgan fingerprint density at radius 2 is 1.83 bits per heavy atom. The van der Waals surface area contributed by atoms with Gasteiger partial charge in [0.05, 0.1) is 23.9 Å². The monoisotopic (exact) mass is 584 g/mol. The average molecular weight is 585 g/mol. The summed E-state index contributed by atoms with van der Waals surface area (Å²) in [4.78, 5) is 17.7. The lowest BCUT2D eigenvalue weighted by molar-refractivity contribution is -0.136. The molecule has 0 radical (unpaired) electrons. The molecule has 2 aromatic rings. The number of aromatic nitrogens is 2. The molecule has 2 aromatic heterocycles. The molecule has 6 rings (SSSR count). The number of alkyl halides is 5. The number of rotatable bonds is 6. The first kappa shape index (κ1) is 29.1. The summed E-state index contributed by atoms with van der Waals surface area (Å²) in [5.41, 5.74) is 5.52. The molecule has 0 spiro atoms. The van der Waals surface area contributed by atoms with Crippen molar-refractivity contribution in [3.05, 3.63) is 40.1 Å². The fraction of sp³-hybridized carbons (Fsp3) is 0.759. The van der Waals surface area contributed by atoms with Gasteiger partial charge in [-0.25, -0.2) is 24.4 Å². The highest BCUT2D eigenvalue weighted by Gasteiger charge is 2.44. The van der Waals surface area contributed by atoms with Crippen LogP contribution in [0, 0.1) is 23.7 Å². The van der Waals surface area contributed by atoms with Crippen LogP contribution >= 0.6 is 0 Å². The number of hydrogen-bond donors (Lipinski definition) is 2. The number of imidazole rings is 1. The maximum Gasteiger partial charge on any atom is 0.418 e. The highest BCUT2D eigenvalue weighted by Crippen LogP contribution is 2.47. The van der Waals surface area contributed by atoms with Crippen molar-refractivity contribution in [3.8, 4) is 0 Å². The molecule has 0 aromatic carbocycles. The van der Waals surface area contributed by atoms with Gasteiger partial charge in [-0.2, -0.15) is 13.2 Å². The van der Waals surface area contributed by atoms with Crippen LogP contribution in [-0.2, 0) is 12.7 Å². The third kappa shape index (κ3) is 5.57. The van der Waals surface area contributed by atoms with Crippen molar-refractivity contribution < 1.29 is 22.0 Å². The van der Waals surface area contributed by atoms with E-state index in [1.54, 1.807) is 4.90 Å². The summed E-state index contributed by atoms with van der Waals surface area (Å²) in [6.07, 6.45) is 5.20. The Hall–Kier alpha value is -2.02. The molecule has 2 aliphatic carbocycles. The standard InChI is InChI=1S/C29H41F5N6O/c1-18-13-38(10-9-28(18,30)31)14-19-11-23(29(32,33)34)24-16-39(27(41)40(24)15-19)22-8-4-7-21(12-22)25(20-5-3-6-20)26-36-35-17-37(26)2/h11,15-16,18,20-22,25-26,35-36H,3-10,12-14,17H2,1-2H3/t18?,21?,22?,25-,26?/m0/s1. The molecule has 4 aliphatic rings. The van der Waals surface area contributed by atoms with E-state index < -0.39 is 29.3 Å². The van der Waals surface area contributed by atoms with E-state index in [4.69, 9.17) is 0 Å². The van der Waals surface area contributed by atoms with E-state index in [1.807, 2.05) is 0 Å². The van der Waals surface area contributed by atoms with Crippen molar-refractivity contribution in [1.82, 2.24) is 29.6 Å². The van der Waals surface area contributed by atoms with Gasteiger partial charge >= 0.3 is 11.9 Å². The third-order valence-corrected chi connectivity index (χ3v) is 10.3. The molecule has 2 aliphatic heterocycles. The highest BCUT2D eigenvalue weighted by atomic mass is 19.4. The second kappa shape index (κ2) is 10.9. The number of hydrazine groups is 1. The van der Waals surface area contributed by atoms with Crippen molar-refractivity contribution in [2.24, 2.45) is 23.7 Å². The molecule has 4 fully saturated rings. The minimum atomic E-state index is -4.65. The molecule has 4 heterocycles. The molecule has 228 valence electrons. The van der Waals surface area contributed by atoms with Gasteiger partial charge in [-0.1, -0.05) is 32.6 Å². The highest BCUT2D eigenvalue weighted by molar-refractivity contribution is 5.56. The van der Waals surface area contributed by atoms with Crippen molar-refractivity contribution in [3.63, 3.8) is 0 Å². The molecule has 7 nitrogen and oxygen atoms in total. The van der Waals surface area contributed by atoms with Gasteiger partial charge in [-0.05, 0) is 55.7 Å². The van der Waals surface area contributed by atoms with Crippen LogP contribution in [0.5, 0.6) is 0 Å². The molecule has 0 amide bonds. The number of hydrogen-bond acceptors (Lipinski definition) is 5. The molecular weight excluding hydrogens is 543 g/mol. The zero-order chi connectivity index (χ0) is 29.1. The Bertz CT molecular complexity index is 1300. The predicted octanol–water partition coefficient (Wildman–Crippen LogP) is 5.07. The largest absolute Gasteiger partial charge is 0.418 e. The first-order chi connectivity index (χ1) is 19.4. The lowest BCUT2D eigenvalue weighted by Gasteiger charge is -2.46. The van der Waals surface area contributed by atoms with E-state index in [1.165, 1.54) is 43.1 Å². The number of halogens is 5. The van der Waals surface area contributed by atoms with Gasteiger partial charge in [0.1, 0.15) is 0 Å². The molecule has 2 saturated carbocycles. The maximum atomic E-state index is 14.3. The molecule has 0 bridgehead atoms. The van der Waals surface area contributed by atoms with E-state index >= 15 is 0 Å². The van der Waals surface area contributed by atoms with Gasteiger partial charge in [0.2, 0.25) is 0 Å². The summed E-state index contributed by atoms with van der Waals surface area (Å²) < 4.78 is 73.5. The minimum Gasteiger partial charge on any atom is -0.298 e. The van der Waals surface area contributed by atoms with Crippen LogP contribution in [0.2, 0.25) is 0 Å². The number of piperidine rings is 1. The van der Waals surface area contributed by atoms with Crippen molar-refractivity contribution in [2.45, 2.75) is 89.1 Å². The number of nitrogens with one attached hydrogen (secondary N) is 2. The van der Waals surface area contributed by atoms with Crippen molar-refractivity contribution in [1.29, 1.82) is 0 Å². The average Bonchev–Trinajstić information content (AvgIpc) is 3.45. The summed E-state index contributed by atoms with van der Waals surface area (Å²) in [5, 5.41) is 0. The Morgan fingerprint density at radius 3 is 2.46 bits per heavy atom. The van der Waals surface area contributed by atoms with Crippen molar-refractivity contribution >= 4 is 5.52 Å². The first-order valence-electron chi connectivity index (χ1n) is 15.0. The molecule has 2 saturated heterocycles. The number of pyridine rings is 1. The fourth-order valence-electron chi connectivity index (χ4n) is 7.81. The number of likely N-dealkylation sites (tertiary alicyclic amines) is 1. The Balaban J connectivity index is 1.29. The second-order valence-electron chi connectivity index (χ2n) is 13.0. The van der Waals surface area contributed by atoms with Gasteiger partial charge in [0, 0.05) is 50.4 Å². The van der Waals surface area contributed by atoms with Crippen LogP contribution in [0.25, 0.3) is 5.52 Å². The molecule has 2 N–H and O–H groups in total. The predicted molar refractivity (Wildman–Crippen MR) is 145 cm³/mol. The van der Waals surface area contributed by atoms with Crippen molar-refractivity contribution in [2.75, 3.05) is 26.8 Å². The van der Waals surface area contributed by atoms with Crippen LogP contribution in [0.3, 0.4) is 0 Å². The van der Waals surface area contributed by atoms with Crippen LogP contribution in [0.15, 0.2) is 23.3 Å². The van der Waals surface area contributed by atoms with E-state index in [-0.39, 0.29) is 43.8 Å². The lowest BCUT2D eigenvalue weighted by atomic mass is 9.65. The summed E-state index contributed by atoms with van der Waals surface area (Å²) in [6.45, 7) is 2.50. The number of fused-ring (bicyclic) bond motifs is 1. The van der Waals surface area contributed by atoms with Gasteiger partial charge < -0.3 is 0 Å². The van der Waals surface area contributed by atoms with Gasteiger partial charge in [-0.15, -0.1) is 0 Å². The van der Waals surface area contributed by atoms with Crippen LogP contribution in [0.1, 0.15) is 75.5 Å². The molecular formula is C29H41F5N6O. The summed E-state index contributed by atoms with van der Waals surface area (Å²) in [7, 11) is 2.10. The number of nitrogens with zero attached hydrogens (tertiary/aromatic N) is 4. The summed E-state index contributed by atoms with van der Waals surface area (Å²) >= 11 is 0. The van der Waals surface area contributed by atoms with E-state index in [2.05, 4.69) is 22.8 Å². The molecule has 41 heavy (non-hydrogen) atoms. The Labute approximate surface area is 237 Å². The van der Waals surface area contributed by atoms with Gasteiger partial charge in [0.15, 0.2) is 0 Å². The Morgan fingerprint density at radius 1 is 1.10 bits per heavy atom. The maximum absolute atomic E-state index is 14.3. The Kier molecular flexibility index (Phi) is 7.74. The zero-order valence-corrected chi connectivity index (χ0v) is 23.8. The molecule has 12 heteroatoms. The van der Waals surface area contributed by atoms with Crippen LogP contribution < -0.4 is 16.5 Å². The first-order valence-corrected chi connectivity index (χ1v) is 15.0. The van der Waals surface area contributed by atoms with Crippen LogP contribution in [-0.4, -0.2) is 57.7 Å². The normalized spacial score (nSPS) is 31.0. The summed E-state index contributed by atoms with van der Waals surface area (Å²) in [6, 6.07) is 0.916. The van der Waals surface area contributed by atoms with Gasteiger partial charge in [-0.3, -0.25) is 18.8 Å². The topological polar surface area (TPSA) is 57.0 Å². The molecule has 5 atom stereocenters. The minimum absolute atomic E-state index is 0.0849. The van der Waals surface area contributed by atoms with E-state index in [0.29, 0.717) is 23.3 Å². The lowest BCUT2D eigenvalue weighted by Crippen LogP contribution is -2.50. The van der Waals surface area contributed by atoms with E-state index in [0.717, 1.165) is 42.8 Å². The fourth-order valence-corrected chi connectivity index (χ4v) is 7.81. The second-order valence-corrected chi connectivity index (χ2v) is 13.0. The summed E-state index contributed by atoms with van der Waals surface area (Å²) in [5.74, 6) is -2.27. The van der Waals surface area contributed by atoms with E-state index in [9.17, 15) is 26.7 Å². The quantitative estimate of drug-likeness (QED) is 0.465. The smallest absolute Gasteiger partial charge is 0.298 e. The third-order valence-electron chi connectivity index (χ3n) is 10.3. The molecule has 4 unspecified atom stereocenters. The SMILES string of the molecule is CC1CN(Cc2cc(C(F)(F)F)c3cn(C4CCCC([C@H](C5CCC5)C5NNCN5C)C4)c(=O)n3c2)CCC1(F)F. The zero-order valence-electron chi connectivity index (χ0n) is 23.8. The van der Waals surface area contributed by atoms with Crippen LogP contribution in [0.4, 0.5) is 22.0 Å².